The van der Waals surface area contributed by atoms with Crippen LogP contribution in [-0.2, 0) is 11.3 Å². The van der Waals surface area contributed by atoms with Gasteiger partial charge >= 0.3 is 0 Å². The van der Waals surface area contributed by atoms with Crippen LogP contribution in [0.25, 0.3) is 0 Å². The number of methoxy groups -OCH3 is 1. The number of benzene rings is 1. The van der Waals surface area contributed by atoms with Crippen molar-refractivity contribution in [2.45, 2.75) is 50.9 Å². The van der Waals surface area contributed by atoms with E-state index in [1.165, 1.54) is 19.3 Å². The first-order valence-corrected chi connectivity index (χ1v) is 7.28. The number of hydrogen-bond acceptors (Lipinski definition) is 3. The first kappa shape index (κ1) is 14.6. The van der Waals surface area contributed by atoms with E-state index >= 15 is 0 Å². The fraction of sp³-hybridized carbons (Fsp3) is 0.600. The fourth-order valence-electron chi connectivity index (χ4n) is 2.57. The van der Waals surface area contributed by atoms with E-state index in [0.29, 0.717) is 11.6 Å². The molecule has 0 amide bonds. The normalized spacial score (nSPS) is 23.9. The molecule has 2 atom stereocenters. The molecule has 1 aromatic carbocycles. The summed E-state index contributed by atoms with van der Waals surface area (Å²) in [5, 5.41) is 0.699. The van der Waals surface area contributed by atoms with Crippen molar-refractivity contribution in [2.24, 2.45) is 5.73 Å². The molecule has 1 fully saturated rings. The minimum absolute atomic E-state index is 0.145. The molecule has 0 spiro atoms. The Bertz CT molecular complexity index is 411. The molecule has 2 N–H and O–H groups in total. The van der Waals surface area contributed by atoms with Crippen molar-refractivity contribution in [3.8, 4) is 5.75 Å². The second-order valence-electron chi connectivity index (χ2n) is 5.11. The highest BCUT2D eigenvalue weighted by Gasteiger charge is 2.21. The molecule has 0 aliphatic heterocycles. The van der Waals surface area contributed by atoms with Crippen molar-refractivity contribution < 1.29 is 9.47 Å². The summed E-state index contributed by atoms with van der Waals surface area (Å²) >= 11 is 6.01. The Labute approximate surface area is 120 Å². The molecule has 0 saturated heterocycles. The van der Waals surface area contributed by atoms with Crippen LogP contribution in [0.4, 0.5) is 0 Å². The highest BCUT2D eigenvalue weighted by atomic mass is 35.5. The van der Waals surface area contributed by atoms with Crippen molar-refractivity contribution in [3.63, 3.8) is 0 Å². The first-order valence-electron chi connectivity index (χ1n) is 6.90. The Morgan fingerprint density at radius 2 is 2.05 bits per heavy atom. The molecule has 2 rings (SSSR count). The van der Waals surface area contributed by atoms with Gasteiger partial charge in [0.15, 0.2) is 0 Å². The summed E-state index contributed by atoms with van der Waals surface area (Å²) in [6.45, 7) is 0.502. The van der Waals surface area contributed by atoms with Crippen molar-refractivity contribution in [2.75, 3.05) is 7.11 Å². The number of hydrogen-bond donors (Lipinski definition) is 1. The Morgan fingerprint density at radius 3 is 2.84 bits per heavy atom. The molecule has 4 heteroatoms. The van der Waals surface area contributed by atoms with Gasteiger partial charge in [-0.15, -0.1) is 0 Å². The van der Waals surface area contributed by atoms with E-state index in [1.807, 2.05) is 18.2 Å². The maximum absolute atomic E-state index is 6.16. The fourth-order valence-corrected chi connectivity index (χ4v) is 2.76. The molecule has 1 saturated carbocycles. The van der Waals surface area contributed by atoms with Gasteiger partial charge in [0.2, 0.25) is 0 Å². The molecule has 1 aromatic rings. The zero-order chi connectivity index (χ0) is 13.7. The maximum atomic E-state index is 6.16. The molecular formula is C15H22ClNO2. The van der Waals surface area contributed by atoms with Gasteiger partial charge in [-0.1, -0.05) is 30.9 Å². The molecule has 3 nitrogen and oxygen atoms in total. The second kappa shape index (κ2) is 7.13. The quantitative estimate of drug-likeness (QED) is 0.860. The largest absolute Gasteiger partial charge is 0.496 e. The van der Waals surface area contributed by atoms with Crippen LogP contribution in [0.1, 0.15) is 37.7 Å². The predicted octanol–water partition coefficient (Wildman–Crippen LogP) is 3.53. The van der Waals surface area contributed by atoms with Crippen LogP contribution in [0.3, 0.4) is 0 Å². The van der Waals surface area contributed by atoms with Crippen molar-refractivity contribution in [3.05, 3.63) is 28.8 Å². The summed E-state index contributed by atoms with van der Waals surface area (Å²) in [7, 11) is 1.66. The van der Waals surface area contributed by atoms with Crippen LogP contribution in [0.15, 0.2) is 18.2 Å². The average molecular weight is 284 g/mol. The summed E-state index contributed by atoms with van der Waals surface area (Å²) in [5.41, 5.74) is 7.14. The van der Waals surface area contributed by atoms with E-state index in [-0.39, 0.29) is 12.1 Å². The van der Waals surface area contributed by atoms with Gasteiger partial charge in [0.25, 0.3) is 0 Å². The summed E-state index contributed by atoms with van der Waals surface area (Å²) in [6, 6.07) is 5.73. The zero-order valence-corrected chi connectivity index (χ0v) is 12.2. The number of rotatable bonds is 4. The molecule has 1 aliphatic rings. The molecule has 0 heterocycles. The Morgan fingerprint density at radius 1 is 1.26 bits per heavy atom. The van der Waals surface area contributed by atoms with Crippen molar-refractivity contribution in [1.82, 2.24) is 0 Å². The zero-order valence-electron chi connectivity index (χ0n) is 11.4. The topological polar surface area (TPSA) is 44.5 Å². The minimum atomic E-state index is 0.145. The van der Waals surface area contributed by atoms with E-state index in [0.717, 1.165) is 24.2 Å². The van der Waals surface area contributed by atoms with Gasteiger partial charge in [-0.25, -0.2) is 0 Å². The SMILES string of the molecule is COc1ccc(Cl)cc1COC1CCCCCC1N. The number of ether oxygens (including phenoxy) is 2. The monoisotopic (exact) mass is 283 g/mol. The molecule has 0 aromatic heterocycles. The van der Waals surface area contributed by atoms with E-state index in [2.05, 4.69) is 0 Å². The molecule has 0 radical (unpaired) electrons. The Balaban J connectivity index is 1.99. The van der Waals surface area contributed by atoms with Crippen LogP contribution in [-0.4, -0.2) is 19.3 Å². The van der Waals surface area contributed by atoms with Crippen LogP contribution >= 0.6 is 11.6 Å². The summed E-state index contributed by atoms with van der Waals surface area (Å²) in [4.78, 5) is 0. The van der Waals surface area contributed by atoms with Gasteiger partial charge in [-0.05, 0) is 31.0 Å². The smallest absolute Gasteiger partial charge is 0.124 e. The average Bonchev–Trinajstić information content (AvgIpc) is 2.61. The standard InChI is InChI=1S/C15H22ClNO2/c1-18-14-8-7-12(16)9-11(14)10-19-15-6-4-2-3-5-13(15)17/h7-9,13,15H,2-6,10,17H2,1H3. The third kappa shape index (κ3) is 4.10. The van der Waals surface area contributed by atoms with Crippen molar-refractivity contribution in [1.29, 1.82) is 0 Å². The summed E-state index contributed by atoms with van der Waals surface area (Å²) < 4.78 is 11.3. The molecule has 106 valence electrons. The van der Waals surface area contributed by atoms with E-state index < -0.39 is 0 Å². The van der Waals surface area contributed by atoms with Gasteiger partial charge in [0.05, 0.1) is 19.8 Å². The molecule has 2 unspecified atom stereocenters. The number of nitrogens with two attached hydrogens (primary N) is 1. The van der Waals surface area contributed by atoms with Crippen LogP contribution in [0.5, 0.6) is 5.75 Å². The summed E-state index contributed by atoms with van der Waals surface area (Å²) in [5.74, 6) is 0.812. The minimum Gasteiger partial charge on any atom is -0.496 e. The first-order chi connectivity index (χ1) is 9.20. The molecule has 0 bridgehead atoms. The highest BCUT2D eigenvalue weighted by molar-refractivity contribution is 6.30. The van der Waals surface area contributed by atoms with Crippen LogP contribution in [0.2, 0.25) is 5.02 Å². The van der Waals surface area contributed by atoms with E-state index in [9.17, 15) is 0 Å². The third-order valence-electron chi connectivity index (χ3n) is 3.70. The predicted molar refractivity (Wildman–Crippen MR) is 77.6 cm³/mol. The van der Waals surface area contributed by atoms with Gasteiger partial charge in [0, 0.05) is 16.6 Å². The number of halogens is 1. The third-order valence-corrected chi connectivity index (χ3v) is 3.93. The van der Waals surface area contributed by atoms with Gasteiger partial charge < -0.3 is 15.2 Å². The lowest BCUT2D eigenvalue weighted by Gasteiger charge is -2.22. The van der Waals surface area contributed by atoms with Gasteiger partial charge in [-0.2, -0.15) is 0 Å². The summed E-state index contributed by atoms with van der Waals surface area (Å²) in [6.07, 6.45) is 5.91. The maximum Gasteiger partial charge on any atom is 0.124 e. The molecule has 1 aliphatic carbocycles. The van der Waals surface area contributed by atoms with Gasteiger partial charge in [0.1, 0.15) is 5.75 Å². The van der Waals surface area contributed by atoms with Gasteiger partial charge in [-0.3, -0.25) is 0 Å². The molecule has 19 heavy (non-hydrogen) atoms. The second-order valence-corrected chi connectivity index (χ2v) is 5.54. The molecular weight excluding hydrogens is 262 g/mol. The Kier molecular flexibility index (Phi) is 5.49. The van der Waals surface area contributed by atoms with E-state index in [1.54, 1.807) is 7.11 Å². The van der Waals surface area contributed by atoms with Crippen LogP contribution < -0.4 is 10.5 Å². The lowest BCUT2D eigenvalue weighted by molar-refractivity contribution is 0.0186. The lowest BCUT2D eigenvalue weighted by Crippen LogP contribution is -2.35. The van der Waals surface area contributed by atoms with Crippen LogP contribution in [0, 0.1) is 0 Å². The Hall–Kier alpha value is -0.770. The van der Waals surface area contributed by atoms with Crippen molar-refractivity contribution >= 4 is 11.6 Å². The highest BCUT2D eigenvalue weighted by Crippen LogP contribution is 2.26. The lowest BCUT2D eigenvalue weighted by atomic mass is 10.1. The van der Waals surface area contributed by atoms with E-state index in [4.69, 9.17) is 26.8 Å².